The van der Waals surface area contributed by atoms with Gasteiger partial charge in [-0.15, -0.1) is 0 Å². The van der Waals surface area contributed by atoms with Crippen molar-refractivity contribution in [1.82, 2.24) is 9.78 Å². The lowest BCUT2D eigenvalue weighted by molar-refractivity contribution is 0.0317. The lowest BCUT2D eigenvalue weighted by atomic mass is 10.1. The molecule has 0 aliphatic carbocycles. The Balaban J connectivity index is 1.79. The van der Waals surface area contributed by atoms with E-state index in [2.05, 4.69) is 5.10 Å². The summed E-state index contributed by atoms with van der Waals surface area (Å²) in [5, 5.41) is 4.45. The molecule has 0 bridgehead atoms. The van der Waals surface area contributed by atoms with Gasteiger partial charge < -0.3 is 9.47 Å². The number of ketones is 1. The highest BCUT2D eigenvalue weighted by Gasteiger charge is 2.25. The molecular formula is C22H22N2O4. The minimum atomic E-state index is -0.917. The molecule has 3 rings (SSSR count). The number of para-hydroxylation sites is 1. The summed E-state index contributed by atoms with van der Waals surface area (Å²) >= 11 is 0. The summed E-state index contributed by atoms with van der Waals surface area (Å²) in [5.41, 5.74) is 2.89. The van der Waals surface area contributed by atoms with Crippen LogP contribution in [0, 0.1) is 13.8 Å². The van der Waals surface area contributed by atoms with Gasteiger partial charge in [-0.25, -0.2) is 9.48 Å². The molecule has 0 spiro atoms. The number of rotatable bonds is 6. The summed E-state index contributed by atoms with van der Waals surface area (Å²) in [4.78, 5) is 25.3. The Morgan fingerprint density at radius 1 is 1.00 bits per heavy atom. The summed E-state index contributed by atoms with van der Waals surface area (Å²) in [6, 6.07) is 16.2. The van der Waals surface area contributed by atoms with Crippen molar-refractivity contribution >= 4 is 11.8 Å². The van der Waals surface area contributed by atoms with Gasteiger partial charge in [0.05, 0.1) is 24.2 Å². The minimum Gasteiger partial charge on any atom is -0.497 e. The molecule has 2 aromatic carbocycles. The molecule has 3 aromatic rings. The second kappa shape index (κ2) is 8.08. The highest BCUT2D eigenvalue weighted by Crippen LogP contribution is 2.20. The number of esters is 1. The van der Waals surface area contributed by atoms with Crippen molar-refractivity contribution < 1.29 is 19.1 Å². The molecule has 1 aromatic heterocycles. The smallest absolute Gasteiger partial charge is 0.342 e. The van der Waals surface area contributed by atoms with Crippen LogP contribution in [0.4, 0.5) is 0 Å². The average Bonchev–Trinajstić information content (AvgIpc) is 3.02. The van der Waals surface area contributed by atoms with E-state index >= 15 is 0 Å². The number of ether oxygens (including phenoxy) is 2. The lowest BCUT2D eigenvalue weighted by Crippen LogP contribution is -2.25. The first-order valence-corrected chi connectivity index (χ1v) is 8.93. The van der Waals surface area contributed by atoms with E-state index in [1.165, 1.54) is 0 Å². The second-order valence-electron chi connectivity index (χ2n) is 6.43. The van der Waals surface area contributed by atoms with Crippen molar-refractivity contribution in [2.45, 2.75) is 26.9 Å². The summed E-state index contributed by atoms with van der Waals surface area (Å²) in [7, 11) is 1.56. The molecular weight excluding hydrogens is 356 g/mol. The largest absolute Gasteiger partial charge is 0.497 e. The number of hydrogen-bond acceptors (Lipinski definition) is 5. The van der Waals surface area contributed by atoms with Gasteiger partial charge in [0.1, 0.15) is 11.3 Å². The van der Waals surface area contributed by atoms with Crippen LogP contribution in [0.5, 0.6) is 5.75 Å². The minimum absolute atomic E-state index is 0.276. The predicted octanol–water partition coefficient (Wildman–Crippen LogP) is 3.93. The van der Waals surface area contributed by atoms with Crippen molar-refractivity contribution in [3.8, 4) is 11.4 Å². The van der Waals surface area contributed by atoms with E-state index in [1.807, 2.05) is 30.3 Å². The summed E-state index contributed by atoms with van der Waals surface area (Å²) in [6.07, 6.45) is -0.917. The van der Waals surface area contributed by atoms with E-state index in [1.54, 1.807) is 56.8 Å². The Kier molecular flexibility index (Phi) is 5.59. The first kappa shape index (κ1) is 19.4. The lowest BCUT2D eigenvalue weighted by Gasteiger charge is -2.13. The van der Waals surface area contributed by atoms with Gasteiger partial charge in [-0.3, -0.25) is 4.79 Å². The van der Waals surface area contributed by atoms with Gasteiger partial charge in [0.15, 0.2) is 6.10 Å². The van der Waals surface area contributed by atoms with Crippen LogP contribution in [0.1, 0.15) is 39.0 Å². The Morgan fingerprint density at radius 2 is 1.64 bits per heavy atom. The zero-order valence-electron chi connectivity index (χ0n) is 16.3. The van der Waals surface area contributed by atoms with Crippen molar-refractivity contribution in [2.75, 3.05) is 7.11 Å². The molecule has 0 amide bonds. The fraction of sp³-hybridized carbons (Fsp3) is 0.227. The molecule has 0 radical (unpaired) electrons. The molecule has 0 unspecified atom stereocenters. The Hall–Kier alpha value is -3.41. The third kappa shape index (κ3) is 3.81. The third-order valence-electron chi connectivity index (χ3n) is 4.52. The first-order valence-electron chi connectivity index (χ1n) is 8.93. The Morgan fingerprint density at radius 3 is 2.25 bits per heavy atom. The quantitative estimate of drug-likeness (QED) is 0.480. The number of methoxy groups -OCH3 is 1. The SMILES string of the molecule is COc1ccc(C(=O)[C@@H](C)OC(=O)c2c(C)nn(-c3ccccc3)c2C)cc1. The molecule has 6 heteroatoms. The molecule has 0 fully saturated rings. The maximum Gasteiger partial charge on any atom is 0.342 e. The molecule has 1 heterocycles. The standard InChI is InChI=1S/C22H22N2O4/c1-14-20(15(2)24(23-14)18-8-6-5-7-9-18)22(26)28-16(3)21(25)17-10-12-19(27-4)13-11-17/h5-13,16H,1-4H3/t16-/m1/s1. The fourth-order valence-corrected chi connectivity index (χ4v) is 3.02. The van der Waals surface area contributed by atoms with Gasteiger partial charge >= 0.3 is 5.97 Å². The van der Waals surface area contributed by atoms with E-state index in [0.717, 1.165) is 5.69 Å². The van der Waals surface area contributed by atoms with E-state index in [9.17, 15) is 9.59 Å². The second-order valence-corrected chi connectivity index (χ2v) is 6.43. The molecule has 144 valence electrons. The molecule has 6 nitrogen and oxygen atoms in total. The molecule has 0 aliphatic heterocycles. The number of hydrogen-bond donors (Lipinski definition) is 0. The molecule has 0 saturated carbocycles. The number of aromatic nitrogens is 2. The molecule has 0 aliphatic rings. The van der Waals surface area contributed by atoms with Crippen LogP contribution in [0.15, 0.2) is 54.6 Å². The van der Waals surface area contributed by atoms with Gasteiger partial charge in [0.2, 0.25) is 5.78 Å². The van der Waals surface area contributed by atoms with Gasteiger partial charge in [0, 0.05) is 5.56 Å². The summed E-state index contributed by atoms with van der Waals surface area (Å²) < 4.78 is 12.2. The number of Topliss-reactive ketones (excluding diaryl/α,β-unsaturated/α-hetero) is 1. The maximum atomic E-state index is 12.7. The van der Waals surface area contributed by atoms with Crippen LogP contribution in [0.2, 0.25) is 0 Å². The fourth-order valence-electron chi connectivity index (χ4n) is 3.02. The van der Waals surface area contributed by atoms with Gasteiger partial charge in [-0.1, -0.05) is 18.2 Å². The number of aryl methyl sites for hydroxylation is 1. The highest BCUT2D eigenvalue weighted by atomic mass is 16.5. The van der Waals surface area contributed by atoms with E-state index < -0.39 is 12.1 Å². The Labute approximate surface area is 163 Å². The topological polar surface area (TPSA) is 70.4 Å². The third-order valence-corrected chi connectivity index (χ3v) is 4.52. The highest BCUT2D eigenvalue weighted by molar-refractivity contribution is 6.01. The van der Waals surface area contributed by atoms with E-state index in [-0.39, 0.29) is 5.78 Å². The molecule has 28 heavy (non-hydrogen) atoms. The van der Waals surface area contributed by atoms with Crippen molar-refractivity contribution in [2.24, 2.45) is 0 Å². The van der Waals surface area contributed by atoms with Crippen molar-refractivity contribution in [3.63, 3.8) is 0 Å². The maximum absolute atomic E-state index is 12.7. The first-order chi connectivity index (χ1) is 13.4. The number of nitrogens with zero attached hydrogens (tertiary/aromatic N) is 2. The monoisotopic (exact) mass is 378 g/mol. The summed E-state index contributed by atoms with van der Waals surface area (Å²) in [6.45, 7) is 5.12. The van der Waals surface area contributed by atoms with Crippen LogP contribution >= 0.6 is 0 Å². The Bertz CT molecular complexity index is 991. The van der Waals surface area contributed by atoms with Crippen molar-refractivity contribution in [1.29, 1.82) is 0 Å². The summed E-state index contributed by atoms with van der Waals surface area (Å²) in [5.74, 6) is -0.186. The number of carbonyl (C=O) groups excluding carboxylic acids is 2. The zero-order chi connectivity index (χ0) is 20.3. The van der Waals surface area contributed by atoms with Gasteiger partial charge in [-0.2, -0.15) is 5.10 Å². The van der Waals surface area contributed by atoms with Crippen LogP contribution in [-0.2, 0) is 4.74 Å². The van der Waals surface area contributed by atoms with E-state index in [0.29, 0.717) is 28.3 Å². The van der Waals surface area contributed by atoms with Crippen LogP contribution in [0.3, 0.4) is 0 Å². The molecule has 0 N–H and O–H groups in total. The van der Waals surface area contributed by atoms with Crippen LogP contribution in [-0.4, -0.2) is 34.7 Å². The predicted molar refractivity (Wildman–Crippen MR) is 105 cm³/mol. The molecule has 1 atom stereocenters. The van der Waals surface area contributed by atoms with Gasteiger partial charge in [0.25, 0.3) is 0 Å². The van der Waals surface area contributed by atoms with Gasteiger partial charge in [-0.05, 0) is 57.2 Å². The van der Waals surface area contributed by atoms with E-state index in [4.69, 9.17) is 9.47 Å². The van der Waals surface area contributed by atoms with Crippen LogP contribution < -0.4 is 4.74 Å². The van der Waals surface area contributed by atoms with Crippen molar-refractivity contribution in [3.05, 3.63) is 77.1 Å². The molecule has 0 saturated heterocycles. The number of carbonyl (C=O) groups is 2. The normalized spacial score (nSPS) is 11.7. The number of benzene rings is 2. The zero-order valence-corrected chi connectivity index (χ0v) is 16.3. The average molecular weight is 378 g/mol. The van der Waals surface area contributed by atoms with Crippen LogP contribution in [0.25, 0.3) is 5.69 Å².